The third kappa shape index (κ3) is 8.15. The van der Waals surface area contributed by atoms with Gasteiger partial charge in [-0.1, -0.05) is 124 Å². The van der Waals surface area contributed by atoms with Crippen molar-refractivity contribution in [3.63, 3.8) is 0 Å². The van der Waals surface area contributed by atoms with Crippen molar-refractivity contribution < 1.29 is 5.11 Å². The Morgan fingerprint density at radius 3 is 1.15 bits per heavy atom. The maximum absolute atomic E-state index is 9.72. The van der Waals surface area contributed by atoms with Crippen molar-refractivity contribution in [2.45, 2.75) is 52.4 Å². The van der Waals surface area contributed by atoms with Gasteiger partial charge >= 0.3 is 0 Å². The second-order valence-electron chi connectivity index (χ2n) is 8.55. The van der Waals surface area contributed by atoms with Crippen LogP contribution in [0, 0.1) is 0 Å². The van der Waals surface area contributed by atoms with Gasteiger partial charge in [0, 0.05) is 0 Å². The predicted molar refractivity (Wildman–Crippen MR) is 150 cm³/mol. The summed E-state index contributed by atoms with van der Waals surface area (Å²) >= 11 is 0. The van der Waals surface area contributed by atoms with E-state index in [9.17, 15) is 5.11 Å². The Kier molecular flexibility index (Phi) is 10.9. The van der Waals surface area contributed by atoms with Crippen LogP contribution in [0.15, 0.2) is 109 Å². The summed E-state index contributed by atoms with van der Waals surface area (Å²) in [6.45, 7) is 4.48. The minimum atomic E-state index is -0.620. The Morgan fingerprint density at radius 1 is 0.500 bits per heavy atom. The summed E-state index contributed by atoms with van der Waals surface area (Å²) in [5, 5.41) is 13.7. The fraction of sp³-hybridized carbons (Fsp3) is 0.250. The van der Waals surface area contributed by atoms with Crippen LogP contribution in [-0.4, -0.2) is 5.11 Å². The van der Waals surface area contributed by atoms with Crippen LogP contribution < -0.4 is 15.9 Å². The summed E-state index contributed by atoms with van der Waals surface area (Å²) in [4.78, 5) is 0. The molecule has 34 heavy (non-hydrogen) atoms. The molecule has 176 valence electrons. The highest BCUT2D eigenvalue weighted by Crippen LogP contribution is 2.33. The third-order valence-electron chi connectivity index (χ3n) is 5.80. The molecule has 4 rings (SSSR count). The number of unbranched alkanes of at least 4 members (excludes halogenated alkanes) is 2. The topological polar surface area (TPSA) is 20.2 Å². The number of rotatable bonds is 9. The van der Waals surface area contributed by atoms with E-state index < -0.39 is 7.92 Å². The van der Waals surface area contributed by atoms with Crippen LogP contribution in [0.5, 0.6) is 5.75 Å². The highest BCUT2D eigenvalue weighted by molar-refractivity contribution is 7.79. The maximum Gasteiger partial charge on any atom is 0.115 e. The number of aryl methyl sites for hydroxylation is 2. The van der Waals surface area contributed by atoms with Gasteiger partial charge in [-0.05, 0) is 72.8 Å². The third-order valence-corrected chi connectivity index (χ3v) is 8.25. The standard InChI is InChI=1S/C26H31OP.C6H6/c1-3-5-7-21-9-15-24(16-10-21)28(26-19-13-23(27)14-20-26)25-17-11-22(12-18-25)8-6-4-2;1-2-4-6-5-3-1/h9-20,27H,3-8H2,1-2H3;1-6H. The lowest BCUT2D eigenvalue weighted by Crippen LogP contribution is -2.20. The summed E-state index contributed by atoms with van der Waals surface area (Å²) < 4.78 is 0. The molecule has 0 spiro atoms. The highest BCUT2D eigenvalue weighted by atomic mass is 31.1. The normalized spacial score (nSPS) is 10.6. The van der Waals surface area contributed by atoms with Gasteiger partial charge in [0.25, 0.3) is 0 Å². The monoisotopic (exact) mass is 468 g/mol. The van der Waals surface area contributed by atoms with Crippen LogP contribution in [-0.2, 0) is 12.8 Å². The molecule has 0 unspecified atom stereocenters. The fourth-order valence-electron chi connectivity index (χ4n) is 3.82. The molecule has 0 saturated carbocycles. The largest absolute Gasteiger partial charge is 0.508 e. The molecule has 0 aliphatic carbocycles. The first-order valence-corrected chi connectivity index (χ1v) is 13.8. The van der Waals surface area contributed by atoms with Crippen LogP contribution in [0.3, 0.4) is 0 Å². The van der Waals surface area contributed by atoms with Crippen molar-refractivity contribution in [3.8, 4) is 5.75 Å². The lowest BCUT2D eigenvalue weighted by molar-refractivity contribution is 0.475. The molecule has 0 bridgehead atoms. The molecule has 0 atom stereocenters. The molecule has 0 fully saturated rings. The zero-order chi connectivity index (χ0) is 24.0. The first kappa shape index (κ1) is 25.7. The molecule has 0 radical (unpaired) electrons. The summed E-state index contributed by atoms with van der Waals surface area (Å²) in [5.41, 5.74) is 2.84. The maximum atomic E-state index is 9.72. The van der Waals surface area contributed by atoms with Gasteiger partial charge < -0.3 is 5.11 Å². The zero-order valence-electron chi connectivity index (χ0n) is 20.5. The Hall–Kier alpha value is -2.89. The number of phenolic OH excluding ortho intramolecular Hbond substituents is 1. The van der Waals surface area contributed by atoms with Crippen LogP contribution in [0.2, 0.25) is 0 Å². The van der Waals surface area contributed by atoms with E-state index in [4.69, 9.17) is 0 Å². The SMILES string of the molecule is CCCCc1ccc(P(c2ccc(O)cc2)c2ccc(CCCC)cc2)cc1.c1ccccc1. The fourth-order valence-corrected chi connectivity index (χ4v) is 6.06. The van der Waals surface area contributed by atoms with Crippen LogP contribution >= 0.6 is 7.92 Å². The van der Waals surface area contributed by atoms with Gasteiger partial charge in [0.15, 0.2) is 0 Å². The van der Waals surface area contributed by atoms with Crippen LogP contribution in [0.25, 0.3) is 0 Å². The predicted octanol–water partition coefficient (Wildman–Crippen LogP) is 7.52. The molecule has 0 aromatic heterocycles. The molecule has 0 saturated heterocycles. The lowest BCUT2D eigenvalue weighted by atomic mass is 10.1. The number of hydrogen-bond acceptors (Lipinski definition) is 1. The van der Waals surface area contributed by atoms with Gasteiger partial charge in [-0.15, -0.1) is 0 Å². The van der Waals surface area contributed by atoms with E-state index >= 15 is 0 Å². The van der Waals surface area contributed by atoms with Gasteiger partial charge in [-0.2, -0.15) is 0 Å². The van der Waals surface area contributed by atoms with Gasteiger partial charge in [-0.25, -0.2) is 0 Å². The van der Waals surface area contributed by atoms with Crippen LogP contribution in [0.4, 0.5) is 0 Å². The van der Waals surface area contributed by atoms with E-state index in [1.165, 1.54) is 52.7 Å². The molecule has 0 amide bonds. The Labute approximate surface area is 207 Å². The summed E-state index contributed by atoms with van der Waals surface area (Å²) in [5.74, 6) is 0.323. The van der Waals surface area contributed by atoms with Crippen LogP contribution in [0.1, 0.15) is 50.7 Å². The van der Waals surface area contributed by atoms with E-state index in [0.29, 0.717) is 5.75 Å². The Bertz CT molecular complexity index is 977. The number of phenols is 1. The van der Waals surface area contributed by atoms with Crippen molar-refractivity contribution in [1.82, 2.24) is 0 Å². The molecule has 4 aromatic rings. The summed E-state index contributed by atoms with van der Waals surface area (Å²) in [6.07, 6.45) is 7.25. The molecule has 0 heterocycles. The molecule has 1 nitrogen and oxygen atoms in total. The first-order chi connectivity index (χ1) is 16.7. The second kappa shape index (κ2) is 14.4. The van der Waals surface area contributed by atoms with E-state index in [2.05, 4.69) is 74.5 Å². The van der Waals surface area contributed by atoms with Crippen molar-refractivity contribution in [1.29, 1.82) is 0 Å². The van der Waals surface area contributed by atoms with Crippen molar-refractivity contribution in [2.75, 3.05) is 0 Å². The van der Waals surface area contributed by atoms with E-state index in [1.807, 2.05) is 36.4 Å². The van der Waals surface area contributed by atoms with Gasteiger partial charge in [0.05, 0.1) is 0 Å². The average molecular weight is 469 g/mol. The highest BCUT2D eigenvalue weighted by Gasteiger charge is 2.16. The van der Waals surface area contributed by atoms with E-state index in [-0.39, 0.29) is 0 Å². The second-order valence-corrected chi connectivity index (χ2v) is 10.8. The van der Waals surface area contributed by atoms with Crippen molar-refractivity contribution in [2.24, 2.45) is 0 Å². The Balaban J connectivity index is 0.000000469. The summed E-state index contributed by atoms with van der Waals surface area (Å²) in [7, 11) is -0.620. The van der Waals surface area contributed by atoms with Crippen molar-refractivity contribution >= 4 is 23.8 Å². The number of hydrogen-bond donors (Lipinski definition) is 1. The molecule has 1 N–H and O–H groups in total. The van der Waals surface area contributed by atoms with E-state index in [0.717, 1.165) is 12.8 Å². The minimum Gasteiger partial charge on any atom is -0.508 e. The summed E-state index contributed by atoms with van der Waals surface area (Å²) in [6, 6.07) is 38.1. The molecule has 4 aromatic carbocycles. The molecular weight excluding hydrogens is 431 g/mol. The minimum absolute atomic E-state index is 0.323. The van der Waals surface area contributed by atoms with Crippen molar-refractivity contribution in [3.05, 3.63) is 120 Å². The quantitative estimate of drug-likeness (QED) is 0.252. The van der Waals surface area contributed by atoms with Gasteiger partial charge in [0.2, 0.25) is 0 Å². The molecule has 2 heteroatoms. The number of aromatic hydroxyl groups is 1. The number of benzene rings is 4. The zero-order valence-corrected chi connectivity index (χ0v) is 21.4. The molecule has 0 aliphatic heterocycles. The van der Waals surface area contributed by atoms with Gasteiger partial charge in [0.1, 0.15) is 5.75 Å². The smallest absolute Gasteiger partial charge is 0.115 e. The molecular formula is C32H37OP. The Morgan fingerprint density at radius 2 is 0.824 bits per heavy atom. The average Bonchev–Trinajstić information content (AvgIpc) is 2.90. The van der Waals surface area contributed by atoms with Gasteiger partial charge in [-0.3, -0.25) is 0 Å². The van der Waals surface area contributed by atoms with E-state index in [1.54, 1.807) is 12.1 Å². The first-order valence-electron chi connectivity index (χ1n) is 12.5. The molecule has 0 aliphatic rings. The lowest BCUT2D eigenvalue weighted by Gasteiger charge is -2.20.